The SMILES string of the molecule is [C-]#[N+]C(C)(C)CCCC(=O)OCc1ccccc1. The number of esters is 1. The molecule has 96 valence electrons. The molecule has 0 N–H and O–H groups in total. The van der Waals surface area contributed by atoms with Crippen molar-refractivity contribution in [2.24, 2.45) is 0 Å². The van der Waals surface area contributed by atoms with E-state index in [1.165, 1.54) is 0 Å². The Kier molecular flexibility index (Phi) is 5.38. The first-order chi connectivity index (χ1) is 8.53. The average molecular weight is 245 g/mol. The molecule has 1 rings (SSSR count). The third-order valence-electron chi connectivity index (χ3n) is 2.71. The van der Waals surface area contributed by atoms with Crippen molar-refractivity contribution in [3.8, 4) is 0 Å². The summed E-state index contributed by atoms with van der Waals surface area (Å²) < 4.78 is 5.16. The second kappa shape index (κ2) is 6.80. The second-order valence-corrected chi connectivity index (χ2v) is 4.92. The minimum absolute atomic E-state index is 0.195. The molecule has 0 aliphatic rings. The van der Waals surface area contributed by atoms with Crippen molar-refractivity contribution in [3.05, 3.63) is 47.3 Å². The first kappa shape index (κ1) is 14.2. The Bertz CT molecular complexity index is 418. The molecular weight excluding hydrogens is 226 g/mol. The molecule has 0 aliphatic heterocycles. The van der Waals surface area contributed by atoms with E-state index >= 15 is 0 Å². The summed E-state index contributed by atoms with van der Waals surface area (Å²) in [7, 11) is 0. The second-order valence-electron chi connectivity index (χ2n) is 4.92. The highest BCUT2D eigenvalue weighted by atomic mass is 16.5. The van der Waals surface area contributed by atoms with E-state index in [1.807, 2.05) is 44.2 Å². The van der Waals surface area contributed by atoms with Crippen molar-refractivity contribution in [2.45, 2.75) is 45.3 Å². The minimum atomic E-state index is -0.375. The van der Waals surface area contributed by atoms with Crippen LogP contribution in [-0.4, -0.2) is 11.5 Å². The molecule has 0 amide bonds. The van der Waals surface area contributed by atoms with Crippen LogP contribution in [0.4, 0.5) is 0 Å². The van der Waals surface area contributed by atoms with Gasteiger partial charge in [-0.05, 0) is 12.0 Å². The van der Waals surface area contributed by atoms with Crippen molar-refractivity contribution in [1.29, 1.82) is 0 Å². The molecule has 0 fully saturated rings. The first-order valence-electron chi connectivity index (χ1n) is 6.12. The summed E-state index contributed by atoms with van der Waals surface area (Å²) in [5.74, 6) is -0.195. The zero-order chi connectivity index (χ0) is 13.4. The Morgan fingerprint density at radius 3 is 2.61 bits per heavy atom. The summed E-state index contributed by atoms with van der Waals surface area (Å²) in [6.07, 6.45) is 1.80. The van der Waals surface area contributed by atoms with E-state index in [1.54, 1.807) is 0 Å². The van der Waals surface area contributed by atoms with Crippen molar-refractivity contribution in [3.63, 3.8) is 0 Å². The number of carbonyl (C=O) groups excluding carboxylic acids is 1. The summed E-state index contributed by atoms with van der Waals surface area (Å²) in [6, 6.07) is 9.62. The number of hydrogen-bond acceptors (Lipinski definition) is 2. The van der Waals surface area contributed by atoms with E-state index < -0.39 is 0 Å². The van der Waals surface area contributed by atoms with E-state index in [4.69, 9.17) is 11.3 Å². The van der Waals surface area contributed by atoms with Crippen LogP contribution in [0.2, 0.25) is 0 Å². The Morgan fingerprint density at radius 2 is 2.00 bits per heavy atom. The van der Waals surface area contributed by atoms with Gasteiger partial charge in [0.2, 0.25) is 5.54 Å². The summed E-state index contributed by atoms with van der Waals surface area (Å²) in [5, 5.41) is 0. The topological polar surface area (TPSA) is 30.7 Å². The molecule has 0 saturated heterocycles. The van der Waals surface area contributed by atoms with Gasteiger partial charge in [-0.3, -0.25) is 4.79 Å². The molecule has 0 atom stereocenters. The van der Waals surface area contributed by atoms with Crippen LogP contribution < -0.4 is 0 Å². The van der Waals surface area contributed by atoms with E-state index in [0.29, 0.717) is 19.4 Å². The van der Waals surface area contributed by atoms with Crippen LogP contribution in [0.3, 0.4) is 0 Å². The predicted molar refractivity (Wildman–Crippen MR) is 70.8 cm³/mol. The molecule has 3 nitrogen and oxygen atoms in total. The molecule has 0 aromatic heterocycles. The lowest BCUT2D eigenvalue weighted by molar-refractivity contribution is -0.145. The third kappa shape index (κ3) is 5.49. The fraction of sp³-hybridized carbons (Fsp3) is 0.467. The van der Waals surface area contributed by atoms with Crippen molar-refractivity contribution < 1.29 is 9.53 Å². The van der Waals surface area contributed by atoms with Crippen molar-refractivity contribution in [2.75, 3.05) is 0 Å². The van der Waals surface area contributed by atoms with Gasteiger partial charge in [-0.25, -0.2) is 6.57 Å². The maximum absolute atomic E-state index is 11.5. The van der Waals surface area contributed by atoms with Crippen LogP contribution in [0.25, 0.3) is 4.85 Å². The lowest BCUT2D eigenvalue weighted by atomic mass is 9.99. The van der Waals surface area contributed by atoms with Gasteiger partial charge in [0.15, 0.2) is 0 Å². The Morgan fingerprint density at radius 1 is 1.33 bits per heavy atom. The number of benzene rings is 1. The fourth-order valence-corrected chi connectivity index (χ4v) is 1.53. The monoisotopic (exact) mass is 245 g/mol. The Hall–Kier alpha value is -1.82. The van der Waals surface area contributed by atoms with Gasteiger partial charge in [-0.2, -0.15) is 0 Å². The van der Waals surface area contributed by atoms with E-state index in [9.17, 15) is 4.79 Å². The summed E-state index contributed by atoms with van der Waals surface area (Å²) in [5.41, 5.74) is 0.618. The number of carbonyl (C=O) groups is 1. The van der Waals surface area contributed by atoms with Crippen LogP contribution in [-0.2, 0) is 16.1 Å². The summed E-state index contributed by atoms with van der Waals surface area (Å²) in [6.45, 7) is 11.1. The standard InChI is InChI=1S/C15H19NO2/c1-15(2,16-3)11-7-10-14(17)18-12-13-8-5-4-6-9-13/h4-6,8-9H,7,10-12H2,1-2H3. The quantitative estimate of drug-likeness (QED) is 0.566. The van der Waals surface area contributed by atoms with Crippen molar-refractivity contribution >= 4 is 5.97 Å². The van der Waals surface area contributed by atoms with E-state index in [-0.39, 0.29) is 11.5 Å². The maximum atomic E-state index is 11.5. The molecule has 0 heterocycles. The summed E-state index contributed by atoms with van der Waals surface area (Å²) in [4.78, 5) is 15.0. The van der Waals surface area contributed by atoms with Gasteiger partial charge in [0.05, 0.1) is 0 Å². The number of nitrogens with zero attached hydrogens (tertiary/aromatic N) is 1. The van der Waals surface area contributed by atoms with Gasteiger partial charge in [0, 0.05) is 26.7 Å². The number of rotatable bonds is 6. The van der Waals surface area contributed by atoms with E-state index in [0.717, 1.165) is 12.0 Å². The number of hydrogen-bond donors (Lipinski definition) is 0. The lowest BCUT2D eigenvalue weighted by Crippen LogP contribution is -2.14. The molecule has 0 radical (unpaired) electrons. The zero-order valence-electron chi connectivity index (χ0n) is 11.0. The van der Waals surface area contributed by atoms with Crippen LogP contribution in [0.5, 0.6) is 0 Å². The van der Waals surface area contributed by atoms with Crippen molar-refractivity contribution in [1.82, 2.24) is 0 Å². The molecule has 3 heteroatoms. The molecule has 0 unspecified atom stereocenters. The van der Waals surface area contributed by atoms with Crippen LogP contribution in [0.15, 0.2) is 30.3 Å². The highest BCUT2D eigenvalue weighted by molar-refractivity contribution is 5.69. The summed E-state index contributed by atoms with van der Waals surface area (Å²) >= 11 is 0. The minimum Gasteiger partial charge on any atom is -0.461 e. The molecule has 1 aromatic rings. The smallest absolute Gasteiger partial charge is 0.306 e. The zero-order valence-corrected chi connectivity index (χ0v) is 11.0. The van der Waals surface area contributed by atoms with Gasteiger partial charge >= 0.3 is 5.97 Å². The van der Waals surface area contributed by atoms with Gasteiger partial charge in [0.25, 0.3) is 0 Å². The van der Waals surface area contributed by atoms with Crippen LogP contribution in [0.1, 0.15) is 38.7 Å². The Balaban J connectivity index is 2.21. The first-order valence-corrected chi connectivity index (χ1v) is 6.12. The van der Waals surface area contributed by atoms with Gasteiger partial charge in [0.1, 0.15) is 6.61 Å². The van der Waals surface area contributed by atoms with Gasteiger partial charge in [-0.1, -0.05) is 30.3 Å². The maximum Gasteiger partial charge on any atom is 0.306 e. The highest BCUT2D eigenvalue weighted by Crippen LogP contribution is 2.17. The normalized spacial score (nSPS) is 10.7. The van der Waals surface area contributed by atoms with Gasteiger partial charge in [-0.15, -0.1) is 0 Å². The molecular formula is C15H19NO2. The molecule has 0 bridgehead atoms. The van der Waals surface area contributed by atoms with Crippen LogP contribution >= 0.6 is 0 Å². The molecule has 0 spiro atoms. The molecule has 1 aromatic carbocycles. The average Bonchev–Trinajstić information content (AvgIpc) is 2.37. The Labute approximate surface area is 109 Å². The fourth-order valence-electron chi connectivity index (χ4n) is 1.53. The largest absolute Gasteiger partial charge is 0.461 e. The predicted octanol–water partition coefficient (Wildman–Crippen LogP) is 3.60. The lowest BCUT2D eigenvalue weighted by Gasteiger charge is -2.10. The van der Waals surface area contributed by atoms with Crippen LogP contribution in [0, 0.1) is 6.57 Å². The molecule has 0 aliphatic carbocycles. The van der Waals surface area contributed by atoms with Gasteiger partial charge < -0.3 is 9.58 Å². The number of ether oxygens (including phenoxy) is 1. The third-order valence-corrected chi connectivity index (χ3v) is 2.71. The van der Waals surface area contributed by atoms with E-state index in [2.05, 4.69) is 4.85 Å². The molecule has 0 saturated carbocycles. The highest BCUT2D eigenvalue weighted by Gasteiger charge is 2.22. The molecule has 18 heavy (non-hydrogen) atoms.